The van der Waals surface area contributed by atoms with Gasteiger partial charge in [-0.3, -0.25) is 0 Å². The van der Waals surface area contributed by atoms with Gasteiger partial charge in [0.25, 0.3) is 0 Å². The fourth-order valence-corrected chi connectivity index (χ4v) is 0.421. The summed E-state index contributed by atoms with van der Waals surface area (Å²) in [5, 5.41) is 0. The van der Waals surface area contributed by atoms with Crippen molar-refractivity contribution in [2.24, 2.45) is 0 Å². The number of halogens is 1. The van der Waals surface area contributed by atoms with Crippen molar-refractivity contribution in [3.63, 3.8) is 0 Å². The van der Waals surface area contributed by atoms with Gasteiger partial charge in [-0.25, -0.2) is 9.37 Å². The number of nitrogens with two attached hydrogens (primary N) is 1. The van der Waals surface area contributed by atoms with E-state index < -0.39 is 0 Å². The van der Waals surface area contributed by atoms with E-state index in [1.54, 1.807) is 0 Å². The summed E-state index contributed by atoms with van der Waals surface area (Å²) < 4.78 is 12.0. The highest BCUT2D eigenvalue weighted by Gasteiger charge is 1.86. The predicted molar refractivity (Wildman–Crippen MR) is 39.9 cm³/mol. The standard InChI is InChI=1S/C5H5FN2.C2H4/c6-4-1-2-8-5(7)3-4;1-2/h1-3H,(H2,7,8);1-2H2. The van der Waals surface area contributed by atoms with E-state index in [0.717, 1.165) is 0 Å². The third kappa shape index (κ3) is 2.81. The molecule has 0 aliphatic heterocycles. The first kappa shape index (κ1) is 8.62. The normalized spacial score (nSPS) is 7.70. The summed E-state index contributed by atoms with van der Waals surface area (Å²) in [6.07, 6.45) is 1.32. The van der Waals surface area contributed by atoms with Crippen LogP contribution in [0.4, 0.5) is 10.2 Å². The van der Waals surface area contributed by atoms with E-state index >= 15 is 0 Å². The van der Waals surface area contributed by atoms with Crippen LogP contribution in [0, 0.1) is 5.82 Å². The molecule has 0 saturated heterocycles. The van der Waals surface area contributed by atoms with Crippen LogP contribution in [-0.4, -0.2) is 4.98 Å². The Bertz CT molecular complexity index is 183. The lowest BCUT2D eigenvalue weighted by molar-refractivity contribution is 0.626. The van der Waals surface area contributed by atoms with Gasteiger partial charge in [0.1, 0.15) is 11.6 Å². The van der Waals surface area contributed by atoms with E-state index in [4.69, 9.17) is 5.73 Å². The first-order valence-electron chi connectivity index (χ1n) is 2.66. The van der Waals surface area contributed by atoms with Crippen molar-refractivity contribution in [2.45, 2.75) is 0 Å². The second-order valence-corrected chi connectivity index (χ2v) is 1.40. The van der Waals surface area contributed by atoms with E-state index in [1.807, 2.05) is 0 Å². The SMILES string of the molecule is C=C.Nc1cc(F)ccn1. The Kier molecular flexibility index (Phi) is 3.87. The third-order valence-corrected chi connectivity index (χ3v) is 0.743. The van der Waals surface area contributed by atoms with Crippen LogP contribution >= 0.6 is 0 Å². The monoisotopic (exact) mass is 140 g/mol. The van der Waals surface area contributed by atoms with Gasteiger partial charge in [0.2, 0.25) is 0 Å². The molecule has 54 valence electrons. The van der Waals surface area contributed by atoms with Crippen LogP contribution in [0.5, 0.6) is 0 Å². The van der Waals surface area contributed by atoms with Crippen molar-refractivity contribution < 1.29 is 4.39 Å². The molecule has 1 aromatic heterocycles. The van der Waals surface area contributed by atoms with Gasteiger partial charge in [-0.15, -0.1) is 13.2 Å². The Morgan fingerprint density at radius 1 is 1.50 bits per heavy atom. The number of rotatable bonds is 0. The molecule has 0 atom stereocenters. The number of nitrogen functional groups attached to an aromatic ring is 1. The summed E-state index contributed by atoms with van der Waals surface area (Å²) in [4.78, 5) is 3.58. The fourth-order valence-electron chi connectivity index (χ4n) is 0.421. The lowest BCUT2D eigenvalue weighted by atomic mass is 10.4. The van der Waals surface area contributed by atoms with Crippen molar-refractivity contribution in [3.05, 3.63) is 37.3 Å². The molecule has 0 aliphatic rings. The van der Waals surface area contributed by atoms with E-state index in [-0.39, 0.29) is 11.6 Å². The quantitative estimate of drug-likeness (QED) is 0.556. The molecule has 0 fully saturated rings. The van der Waals surface area contributed by atoms with Crippen LogP contribution in [0.2, 0.25) is 0 Å². The molecule has 0 amide bonds. The topological polar surface area (TPSA) is 38.9 Å². The lowest BCUT2D eigenvalue weighted by Crippen LogP contribution is -1.88. The molecule has 2 N–H and O–H groups in total. The Hall–Kier alpha value is -1.38. The maximum absolute atomic E-state index is 12.0. The minimum absolute atomic E-state index is 0.213. The molecule has 0 aliphatic carbocycles. The summed E-state index contributed by atoms with van der Waals surface area (Å²) in [5.74, 6) is -0.137. The molecule has 10 heavy (non-hydrogen) atoms. The molecule has 1 aromatic rings. The van der Waals surface area contributed by atoms with Crippen LogP contribution < -0.4 is 5.73 Å². The Labute approximate surface area is 59.2 Å². The molecular formula is C7H9FN2. The maximum atomic E-state index is 12.0. The van der Waals surface area contributed by atoms with Crippen molar-refractivity contribution in [1.82, 2.24) is 4.98 Å². The summed E-state index contributed by atoms with van der Waals surface area (Å²) >= 11 is 0. The number of pyridine rings is 1. The summed E-state index contributed by atoms with van der Waals surface area (Å²) in [6, 6.07) is 2.41. The highest BCUT2D eigenvalue weighted by molar-refractivity contribution is 5.26. The van der Waals surface area contributed by atoms with Crippen LogP contribution in [0.3, 0.4) is 0 Å². The average molecular weight is 140 g/mol. The Balaban J connectivity index is 0.000000371. The van der Waals surface area contributed by atoms with Gasteiger partial charge in [0.15, 0.2) is 0 Å². The average Bonchev–Trinajstić information content (AvgIpc) is 1.91. The molecule has 1 rings (SSSR count). The van der Waals surface area contributed by atoms with E-state index in [9.17, 15) is 4.39 Å². The fraction of sp³-hybridized carbons (Fsp3) is 0. The first-order chi connectivity index (χ1) is 4.79. The van der Waals surface area contributed by atoms with E-state index in [2.05, 4.69) is 18.1 Å². The summed E-state index contributed by atoms with van der Waals surface area (Å²) in [7, 11) is 0. The van der Waals surface area contributed by atoms with Crippen molar-refractivity contribution in [2.75, 3.05) is 5.73 Å². The zero-order valence-electron chi connectivity index (χ0n) is 5.55. The van der Waals surface area contributed by atoms with Gasteiger partial charge < -0.3 is 5.73 Å². The van der Waals surface area contributed by atoms with E-state index in [0.29, 0.717) is 0 Å². The molecule has 0 saturated carbocycles. The molecule has 3 heteroatoms. The highest BCUT2D eigenvalue weighted by atomic mass is 19.1. The second kappa shape index (κ2) is 4.49. The Morgan fingerprint density at radius 3 is 2.40 bits per heavy atom. The number of hydrogen-bond donors (Lipinski definition) is 1. The van der Waals surface area contributed by atoms with Gasteiger partial charge in [0.05, 0.1) is 0 Å². The molecule has 0 aromatic carbocycles. The molecule has 0 spiro atoms. The van der Waals surface area contributed by atoms with Gasteiger partial charge in [-0.2, -0.15) is 0 Å². The molecule has 1 heterocycles. The summed E-state index contributed by atoms with van der Waals surface area (Å²) in [6.45, 7) is 6.00. The number of anilines is 1. The number of hydrogen-bond acceptors (Lipinski definition) is 2. The number of aromatic nitrogens is 1. The van der Waals surface area contributed by atoms with E-state index in [1.165, 1.54) is 18.3 Å². The second-order valence-electron chi connectivity index (χ2n) is 1.40. The zero-order valence-corrected chi connectivity index (χ0v) is 5.55. The predicted octanol–water partition coefficient (Wildman–Crippen LogP) is 1.61. The van der Waals surface area contributed by atoms with Crippen LogP contribution in [0.25, 0.3) is 0 Å². The third-order valence-electron chi connectivity index (χ3n) is 0.743. The molecule has 0 radical (unpaired) electrons. The Morgan fingerprint density at radius 2 is 2.10 bits per heavy atom. The van der Waals surface area contributed by atoms with Crippen molar-refractivity contribution in [3.8, 4) is 0 Å². The van der Waals surface area contributed by atoms with Gasteiger partial charge in [0, 0.05) is 12.3 Å². The lowest BCUT2D eigenvalue weighted by Gasteiger charge is -1.87. The van der Waals surface area contributed by atoms with Gasteiger partial charge in [-0.1, -0.05) is 0 Å². The van der Waals surface area contributed by atoms with Gasteiger partial charge in [-0.05, 0) is 6.07 Å². The smallest absolute Gasteiger partial charge is 0.128 e. The maximum Gasteiger partial charge on any atom is 0.128 e. The number of nitrogens with zero attached hydrogens (tertiary/aromatic N) is 1. The minimum atomic E-state index is -0.350. The van der Waals surface area contributed by atoms with Crippen LogP contribution in [-0.2, 0) is 0 Å². The van der Waals surface area contributed by atoms with Crippen molar-refractivity contribution >= 4 is 5.82 Å². The molecular weight excluding hydrogens is 131 g/mol. The van der Waals surface area contributed by atoms with Crippen molar-refractivity contribution in [1.29, 1.82) is 0 Å². The minimum Gasteiger partial charge on any atom is -0.384 e. The first-order valence-corrected chi connectivity index (χ1v) is 2.66. The zero-order chi connectivity index (χ0) is 7.98. The summed E-state index contributed by atoms with van der Waals surface area (Å²) in [5.41, 5.74) is 5.11. The molecule has 2 nitrogen and oxygen atoms in total. The molecule has 0 unspecified atom stereocenters. The highest BCUT2D eigenvalue weighted by Crippen LogP contribution is 1.98. The van der Waals surface area contributed by atoms with Gasteiger partial charge >= 0.3 is 0 Å². The molecule has 0 bridgehead atoms. The van der Waals surface area contributed by atoms with Crippen LogP contribution in [0.15, 0.2) is 31.5 Å². The van der Waals surface area contributed by atoms with Crippen LogP contribution in [0.1, 0.15) is 0 Å². The largest absolute Gasteiger partial charge is 0.384 e.